The molecule has 0 aliphatic carbocycles. The first kappa shape index (κ1) is 14.5. The molecular weight excluding hydrogens is 336 g/mol. The third-order valence-corrected chi connectivity index (χ3v) is 8.31. The number of fused-ring (bicyclic) bond motifs is 1. The van der Waals surface area contributed by atoms with Crippen LogP contribution >= 0.6 is 34.3 Å². The third kappa shape index (κ3) is 2.21. The highest BCUT2D eigenvalue weighted by atomic mass is 35.5. The number of thiazole rings is 1. The van der Waals surface area contributed by atoms with Crippen LogP contribution < -0.4 is 0 Å². The van der Waals surface area contributed by atoms with Gasteiger partial charge in [0.1, 0.15) is 0 Å². The molecule has 0 fully saturated rings. The molecule has 0 aromatic carbocycles. The topological polar surface area (TPSA) is 50.3 Å². The molecular formula is C12H13ClN2O2S3. The van der Waals surface area contributed by atoms with E-state index in [2.05, 4.69) is 4.98 Å². The van der Waals surface area contributed by atoms with Crippen LogP contribution in [0.15, 0.2) is 15.7 Å². The van der Waals surface area contributed by atoms with Gasteiger partial charge in [0.2, 0.25) is 0 Å². The molecule has 0 bridgehead atoms. The number of halogens is 1. The van der Waals surface area contributed by atoms with E-state index >= 15 is 0 Å². The fourth-order valence-corrected chi connectivity index (χ4v) is 6.94. The standard InChI is InChI=1S/C12H13ClN2O2S3/c1-7-11(19-12(13)14-7)20(16,17)15-5-3-10-9(8(15)2)4-6-18-10/h4,6,8H,3,5H2,1-2H3. The highest BCUT2D eigenvalue weighted by Crippen LogP contribution is 2.38. The van der Waals surface area contributed by atoms with Crippen molar-refractivity contribution in [3.8, 4) is 0 Å². The summed E-state index contributed by atoms with van der Waals surface area (Å²) in [5.74, 6) is 0. The molecule has 0 spiro atoms. The Morgan fingerprint density at radius 2 is 2.25 bits per heavy atom. The Bertz CT molecular complexity index is 751. The summed E-state index contributed by atoms with van der Waals surface area (Å²) in [4.78, 5) is 5.29. The maximum absolute atomic E-state index is 12.8. The van der Waals surface area contributed by atoms with Gasteiger partial charge >= 0.3 is 0 Å². The molecule has 0 N–H and O–H groups in total. The SMILES string of the molecule is Cc1nc(Cl)sc1S(=O)(=O)N1CCc2sccc2C1C. The summed E-state index contributed by atoms with van der Waals surface area (Å²) in [7, 11) is -3.53. The lowest BCUT2D eigenvalue weighted by Gasteiger charge is -2.32. The van der Waals surface area contributed by atoms with Crippen LogP contribution in [0.2, 0.25) is 4.47 Å². The zero-order valence-corrected chi connectivity index (χ0v) is 14.2. The molecule has 0 radical (unpaired) electrons. The van der Waals surface area contributed by atoms with E-state index in [1.807, 2.05) is 18.4 Å². The van der Waals surface area contributed by atoms with Gasteiger partial charge in [-0.1, -0.05) is 22.9 Å². The van der Waals surface area contributed by atoms with Crippen LogP contribution in [0.3, 0.4) is 0 Å². The van der Waals surface area contributed by atoms with Gasteiger partial charge < -0.3 is 0 Å². The molecule has 3 heterocycles. The molecule has 0 saturated heterocycles. The van der Waals surface area contributed by atoms with Crippen molar-refractivity contribution in [3.63, 3.8) is 0 Å². The van der Waals surface area contributed by atoms with Crippen LogP contribution in [0.1, 0.15) is 29.1 Å². The Balaban J connectivity index is 2.03. The van der Waals surface area contributed by atoms with E-state index in [0.29, 0.717) is 12.2 Å². The number of hydrogen-bond donors (Lipinski definition) is 0. The van der Waals surface area contributed by atoms with Crippen molar-refractivity contribution in [2.75, 3.05) is 6.54 Å². The Morgan fingerprint density at radius 3 is 2.90 bits per heavy atom. The van der Waals surface area contributed by atoms with Crippen LogP contribution in [-0.4, -0.2) is 24.3 Å². The van der Waals surface area contributed by atoms with Crippen molar-refractivity contribution < 1.29 is 8.42 Å². The summed E-state index contributed by atoms with van der Waals surface area (Å²) < 4.78 is 27.7. The van der Waals surface area contributed by atoms with Gasteiger partial charge in [0, 0.05) is 17.5 Å². The molecule has 0 saturated carbocycles. The smallest absolute Gasteiger partial charge is 0.229 e. The first-order valence-electron chi connectivity index (χ1n) is 6.12. The lowest BCUT2D eigenvalue weighted by atomic mass is 10.0. The zero-order valence-electron chi connectivity index (χ0n) is 11.0. The van der Waals surface area contributed by atoms with Gasteiger partial charge in [-0.15, -0.1) is 11.3 Å². The minimum atomic E-state index is -3.53. The number of sulfonamides is 1. The highest BCUT2D eigenvalue weighted by molar-refractivity contribution is 7.91. The number of aryl methyl sites for hydroxylation is 1. The van der Waals surface area contributed by atoms with E-state index in [1.165, 1.54) is 4.88 Å². The second-order valence-corrected chi connectivity index (χ2v) is 9.35. The lowest BCUT2D eigenvalue weighted by molar-refractivity contribution is 0.330. The van der Waals surface area contributed by atoms with Crippen molar-refractivity contribution in [3.05, 3.63) is 32.0 Å². The number of nitrogens with zero attached hydrogens (tertiary/aromatic N) is 2. The van der Waals surface area contributed by atoms with E-state index < -0.39 is 10.0 Å². The molecule has 4 nitrogen and oxygen atoms in total. The van der Waals surface area contributed by atoms with E-state index in [-0.39, 0.29) is 14.7 Å². The first-order valence-corrected chi connectivity index (χ1v) is 9.63. The number of hydrogen-bond acceptors (Lipinski definition) is 5. The van der Waals surface area contributed by atoms with E-state index in [9.17, 15) is 8.42 Å². The summed E-state index contributed by atoms with van der Waals surface area (Å²) in [5.41, 5.74) is 1.58. The van der Waals surface area contributed by atoms with Crippen LogP contribution in [0.25, 0.3) is 0 Å². The van der Waals surface area contributed by atoms with E-state index in [4.69, 9.17) is 11.6 Å². The predicted molar refractivity (Wildman–Crippen MR) is 82.2 cm³/mol. The quantitative estimate of drug-likeness (QED) is 0.834. The molecule has 2 aromatic rings. The summed E-state index contributed by atoms with van der Waals surface area (Å²) in [6.45, 7) is 4.12. The Kier molecular flexibility index (Phi) is 3.66. The molecule has 0 amide bonds. The van der Waals surface area contributed by atoms with Crippen molar-refractivity contribution in [2.45, 2.75) is 30.5 Å². The van der Waals surface area contributed by atoms with Crippen molar-refractivity contribution in [1.82, 2.24) is 9.29 Å². The van der Waals surface area contributed by atoms with Gasteiger partial charge in [-0.25, -0.2) is 13.4 Å². The fraction of sp³-hybridized carbons (Fsp3) is 0.417. The molecule has 1 atom stereocenters. The Labute approximate surface area is 131 Å². The summed E-state index contributed by atoms with van der Waals surface area (Å²) in [6.07, 6.45) is 0.766. The van der Waals surface area contributed by atoms with Gasteiger partial charge in [0.05, 0.1) is 5.69 Å². The molecule has 8 heteroatoms. The number of rotatable bonds is 2. The zero-order chi connectivity index (χ0) is 14.5. The summed E-state index contributed by atoms with van der Waals surface area (Å²) in [6, 6.07) is 1.87. The van der Waals surface area contributed by atoms with Gasteiger partial charge in [-0.05, 0) is 37.3 Å². The third-order valence-electron chi connectivity index (χ3n) is 3.49. The predicted octanol–water partition coefficient (Wildman–Crippen LogP) is 3.47. The number of aromatic nitrogens is 1. The van der Waals surface area contributed by atoms with Crippen LogP contribution in [0.5, 0.6) is 0 Å². The van der Waals surface area contributed by atoms with Crippen LogP contribution in [0, 0.1) is 6.92 Å². The normalized spacial score (nSPS) is 20.1. The molecule has 108 valence electrons. The van der Waals surface area contributed by atoms with Crippen molar-refractivity contribution in [2.24, 2.45) is 0 Å². The first-order chi connectivity index (χ1) is 9.41. The maximum atomic E-state index is 12.8. The fourth-order valence-electron chi connectivity index (χ4n) is 2.51. The monoisotopic (exact) mass is 348 g/mol. The second kappa shape index (κ2) is 5.06. The molecule has 2 aromatic heterocycles. The molecule has 1 aliphatic rings. The average molecular weight is 349 g/mol. The molecule has 1 aliphatic heterocycles. The van der Waals surface area contributed by atoms with Crippen molar-refractivity contribution in [1.29, 1.82) is 0 Å². The van der Waals surface area contributed by atoms with E-state index in [1.54, 1.807) is 22.6 Å². The lowest BCUT2D eigenvalue weighted by Crippen LogP contribution is -2.38. The Morgan fingerprint density at radius 1 is 1.50 bits per heavy atom. The largest absolute Gasteiger partial charge is 0.255 e. The minimum Gasteiger partial charge on any atom is -0.229 e. The van der Waals surface area contributed by atoms with E-state index in [0.717, 1.165) is 23.3 Å². The number of thiophene rings is 1. The molecule has 20 heavy (non-hydrogen) atoms. The molecule has 3 rings (SSSR count). The second-order valence-electron chi connectivity index (χ2n) is 4.68. The van der Waals surface area contributed by atoms with Gasteiger partial charge in [-0.2, -0.15) is 4.31 Å². The minimum absolute atomic E-state index is 0.143. The van der Waals surface area contributed by atoms with Gasteiger partial charge in [0.25, 0.3) is 10.0 Å². The summed E-state index contributed by atoms with van der Waals surface area (Å²) >= 11 is 8.56. The average Bonchev–Trinajstić information content (AvgIpc) is 2.96. The van der Waals surface area contributed by atoms with Crippen LogP contribution in [0.4, 0.5) is 0 Å². The van der Waals surface area contributed by atoms with Crippen molar-refractivity contribution >= 4 is 44.3 Å². The van der Waals surface area contributed by atoms with Gasteiger partial charge in [-0.3, -0.25) is 0 Å². The Hall–Kier alpha value is -0.470. The maximum Gasteiger partial charge on any atom is 0.255 e. The molecule has 1 unspecified atom stereocenters. The summed E-state index contributed by atoms with van der Waals surface area (Å²) in [5, 5.41) is 2.02. The van der Waals surface area contributed by atoms with Gasteiger partial charge in [0.15, 0.2) is 8.68 Å². The van der Waals surface area contributed by atoms with Crippen LogP contribution in [-0.2, 0) is 16.4 Å². The highest BCUT2D eigenvalue weighted by Gasteiger charge is 2.36.